The van der Waals surface area contributed by atoms with Crippen molar-refractivity contribution >= 4 is 40.9 Å². The summed E-state index contributed by atoms with van der Waals surface area (Å²) in [5, 5.41) is 1.88. The molecule has 0 amide bonds. The summed E-state index contributed by atoms with van der Waals surface area (Å²) in [6.45, 7) is 0. The molecule has 6 heavy (non-hydrogen) atoms. The third-order valence-electron chi connectivity index (χ3n) is 0.309. The first-order valence-electron chi connectivity index (χ1n) is 1.25. The van der Waals surface area contributed by atoms with Crippen LogP contribution in [0.4, 0.5) is 0 Å². The zero-order valence-electron chi connectivity index (χ0n) is 2.51. The fourth-order valence-electron chi connectivity index (χ4n) is 0.152. The molecule has 0 bridgehead atoms. The molecular weight excluding hydrogens is 105 g/mol. The summed E-state index contributed by atoms with van der Waals surface area (Å²) in [5.74, 6) is 0. The summed E-state index contributed by atoms with van der Waals surface area (Å²) in [6, 6.07) is 0. The van der Waals surface area contributed by atoms with Crippen molar-refractivity contribution in [2.75, 3.05) is 0 Å². The molecule has 0 fully saturated rings. The summed E-state index contributed by atoms with van der Waals surface area (Å²) in [4.78, 5) is 3.62. The zero-order valence-corrected chi connectivity index (χ0v) is 3.33. The van der Waals surface area contributed by atoms with Gasteiger partial charge in [0, 0.05) is 11.6 Å². The van der Waals surface area contributed by atoms with Crippen LogP contribution in [0.1, 0.15) is 0 Å². The van der Waals surface area contributed by atoms with Gasteiger partial charge in [-0.1, -0.05) is 0 Å². The molecule has 3 heteroatoms. The van der Waals surface area contributed by atoms with Gasteiger partial charge in [-0.2, -0.15) is 0 Å². The molecular formula is C3H3NNaS. The third kappa shape index (κ3) is 1.92. The molecule has 0 unspecified atom stereocenters. The molecule has 0 aromatic carbocycles. The Labute approximate surface area is 62.7 Å². The quantitative estimate of drug-likeness (QED) is 0.435. The van der Waals surface area contributed by atoms with Crippen LogP contribution in [0.5, 0.6) is 0 Å². The first-order valence-corrected chi connectivity index (χ1v) is 2.13. The van der Waals surface area contributed by atoms with E-state index in [9.17, 15) is 0 Å². The molecule has 27 valence electrons. The minimum Gasteiger partial charge on any atom is -0.242 e. The molecule has 0 saturated carbocycles. The molecule has 1 aromatic rings. The SMILES string of the molecule is [NaH].[c]1nccs1. The van der Waals surface area contributed by atoms with Crippen molar-refractivity contribution in [3.63, 3.8) is 0 Å². The van der Waals surface area contributed by atoms with Crippen LogP contribution >= 0.6 is 11.3 Å². The smallest absolute Gasteiger partial charge is 0.152 e. The van der Waals surface area contributed by atoms with Gasteiger partial charge in [0.05, 0.1) is 0 Å². The van der Waals surface area contributed by atoms with Gasteiger partial charge in [0.2, 0.25) is 0 Å². The van der Waals surface area contributed by atoms with Crippen LogP contribution < -0.4 is 0 Å². The fraction of sp³-hybridized carbons (Fsp3) is 0. The van der Waals surface area contributed by atoms with Crippen molar-refractivity contribution in [2.45, 2.75) is 0 Å². The van der Waals surface area contributed by atoms with Crippen molar-refractivity contribution in [1.82, 2.24) is 4.98 Å². The Morgan fingerprint density at radius 1 is 1.67 bits per heavy atom. The molecule has 0 N–H and O–H groups in total. The fourth-order valence-corrected chi connectivity index (χ4v) is 0.456. The molecule has 0 aliphatic rings. The molecule has 0 spiro atoms. The van der Waals surface area contributed by atoms with E-state index in [1.54, 1.807) is 6.20 Å². The van der Waals surface area contributed by atoms with Crippen LogP contribution in [-0.4, -0.2) is 34.5 Å². The van der Waals surface area contributed by atoms with Gasteiger partial charge in [-0.15, -0.1) is 11.3 Å². The summed E-state index contributed by atoms with van der Waals surface area (Å²) in [7, 11) is 0. The Morgan fingerprint density at radius 3 is 2.67 bits per heavy atom. The Kier molecular flexibility index (Phi) is 4.21. The van der Waals surface area contributed by atoms with Crippen molar-refractivity contribution in [3.05, 3.63) is 17.1 Å². The summed E-state index contributed by atoms with van der Waals surface area (Å²) < 4.78 is 0. The van der Waals surface area contributed by atoms with E-state index in [1.807, 2.05) is 5.38 Å². The zero-order chi connectivity index (χ0) is 3.54. The number of hydrogen-bond acceptors (Lipinski definition) is 2. The van der Waals surface area contributed by atoms with E-state index in [0.29, 0.717) is 0 Å². The Balaban J connectivity index is 0.000000250. The van der Waals surface area contributed by atoms with Crippen LogP contribution in [0.15, 0.2) is 11.6 Å². The average Bonchev–Trinajstić information content (AvgIpc) is 1.76. The van der Waals surface area contributed by atoms with Gasteiger partial charge in [-0.3, -0.25) is 0 Å². The maximum absolute atomic E-state index is 3.62. The Bertz CT molecular complexity index is 67.3. The van der Waals surface area contributed by atoms with Crippen molar-refractivity contribution < 1.29 is 0 Å². The van der Waals surface area contributed by atoms with E-state index in [2.05, 4.69) is 10.5 Å². The minimum absolute atomic E-state index is 0. The van der Waals surface area contributed by atoms with Crippen molar-refractivity contribution in [3.8, 4) is 0 Å². The van der Waals surface area contributed by atoms with E-state index in [-0.39, 0.29) is 29.6 Å². The van der Waals surface area contributed by atoms with Crippen LogP contribution in [0.25, 0.3) is 0 Å². The number of rotatable bonds is 0. The minimum atomic E-state index is 0. The predicted molar refractivity (Wildman–Crippen MR) is 28.1 cm³/mol. The second kappa shape index (κ2) is 3.81. The van der Waals surface area contributed by atoms with Gasteiger partial charge >= 0.3 is 29.6 Å². The van der Waals surface area contributed by atoms with Crippen LogP contribution in [0.3, 0.4) is 0 Å². The molecule has 1 nitrogen and oxygen atoms in total. The van der Waals surface area contributed by atoms with Gasteiger partial charge in [0.1, 0.15) is 0 Å². The van der Waals surface area contributed by atoms with E-state index >= 15 is 0 Å². The van der Waals surface area contributed by atoms with Crippen molar-refractivity contribution in [1.29, 1.82) is 0 Å². The largest absolute Gasteiger partial charge is 0.242 e. The van der Waals surface area contributed by atoms with Gasteiger partial charge in [-0.05, 0) is 0 Å². The summed E-state index contributed by atoms with van der Waals surface area (Å²) in [6.07, 6.45) is 1.71. The van der Waals surface area contributed by atoms with E-state index in [4.69, 9.17) is 0 Å². The molecule has 1 rings (SSSR count). The van der Waals surface area contributed by atoms with E-state index < -0.39 is 0 Å². The molecule has 1 aromatic heterocycles. The maximum Gasteiger partial charge on any atom is 0.152 e. The first kappa shape index (κ1) is 6.63. The van der Waals surface area contributed by atoms with E-state index in [0.717, 1.165) is 0 Å². The topological polar surface area (TPSA) is 12.9 Å². The number of thiazole rings is 1. The second-order valence-corrected chi connectivity index (χ2v) is 1.31. The van der Waals surface area contributed by atoms with Gasteiger partial charge in [0.25, 0.3) is 0 Å². The molecule has 0 aliphatic carbocycles. The maximum atomic E-state index is 3.62. The Hall–Kier alpha value is 0.630. The Morgan fingerprint density at radius 2 is 2.50 bits per heavy atom. The molecule has 1 heterocycles. The monoisotopic (exact) mass is 108 g/mol. The number of hydrogen-bond donors (Lipinski definition) is 0. The third-order valence-corrected chi connectivity index (χ3v) is 0.777. The molecule has 0 atom stereocenters. The molecule has 0 aliphatic heterocycles. The molecule has 1 radical (unpaired) electrons. The number of aromatic nitrogens is 1. The normalized spacial score (nSPS) is 6.67. The van der Waals surface area contributed by atoms with Crippen molar-refractivity contribution in [2.24, 2.45) is 0 Å². The standard InChI is InChI=1S/C3H2NS.Na.H/c1-2-5-3-4-1;;/h1-2H;;. The van der Waals surface area contributed by atoms with Gasteiger partial charge in [0.15, 0.2) is 5.51 Å². The molecule has 0 saturated heterocycles. The second-order valence-electron chi connectivity index (χ2n) is 0.623. The van der Waals surface area contributed by atoms with Crippen LogP contribution in [0.2, 0.25) is 0 Å². The summed E-state index contributed by atoms with van der Waals surface area (Å²) >= 11 is 1.48. The predicted octanol–water partition coefficient (Wildman–Crippen LogP) is 0.295. The first-order chi connectivity index (χ1) is 2.50. The summed E-state index contributed by atoms with van der Waals surface area (Å²) in [5.41, 5.74) is 2.65. The average molecular weight is 108 g/mol. The van der Waals surface area contributed by atoms with Crippen LogP contribution in [-0.2, 0) is 0 Å². The van der Waals surface area contributed by atoms with Crippen LogP contribution in [0, 0.1) is 5.51 Å². The van der Waals surface area contributed by atoms with E-state index in [1.165, 1.54) is 11.3 Å². The van der Waals surface area contributed by atoms with Gasteiger partial charge < -0.3 is 0 Å². The number of nitrogens with zero attached hydrogens (tertiary/aromatic N) is 1. The van der Waals surface area contributed by atoms with Gasteiger partial charge in [-0.25, -0.2) is 4.98 Å².